The van der Waals surface area contributed by atoms with Crippen LogP contribution in [0.25, 0.3) is 11.3 Å². The van der Waals surface area contributed by atoms with Gasteiger partial charge in [0.25, 0.3) is 5.91 Å². The van der Waals surface area contributed by atoms with Crippen LogP contribution in [-0.2, 0) is 0 Å². The predicted molar refractivity (Wildman–Crippen MR) is 88.6 cm³/mol. The summed E-state index contributed by atoms with van der Waals surface area (Å²) in [6.07, 6.45) is 2.43. The van der Waals surface area contributed by atoms with Crippen LogP contribution in [0, 0.1) is 5.92 Å². The average molecular weight is 350 g/mol. The number of hydrogen-bond acceptors (Lipinski definition) is 4. The molecule has 3 rings (SSSR count). The molecule has 1 aromatic carbocycles. The lowest BCUT2D eigenvalue weighted by Gasteiger charge is -2.30. The molecule has 8 heteroatoms. The van der Waals surface area contributed by atoms with Gasteiger partial charge >= 0.3 is 6.61 Å². The maximum absolute atomic E-state index is 12.6. The highest BCUT2D eigenvalue weighted by molar-refractivity contribution is 6.00. The zero-order valence-electron chi connectivity index (χ0n) is 13.8. The SMILES string of the molecule is CC1CCNCC1NC(=O)c1cn[nH]c1-c1cccc(OC(F)F)c1. The first-order valence-electron chi connectivity index (χ1n) is 8.15. The van der Waals surface area contributed by atoms with Crippen LogP contribution in [0.2, 0.25) is 0 Å². The maximum Gasteiger partial charge on any atom is 0.387 e. The van der Waals surface area contributed by atoms with Gasteiger partial charge < -0.3 is 15.4 Å². The van der Waals surface area contributed by atoms with Crippen LogP contribution in [0.5, 0.6) is 5.75 Å². The number of nitrogens with zero attached hydrogens (tertiary/aromatic N) is 1. The number of alkyl halides is 2. The largest absolute Gasteiger partial charge is 0.435 e. The summed E-state index contributed by atoms with van der Waals surface area (Å²) in [5.41, 5.74) is 1.39. The van der Waals surface area contributed by atoms with E-state index in [4.69, 9.17) is 0 Å². The molecule has 1 aromatic heterocycles. The molecule has 134 valence electrons. The number of rotatable bonds is 5. The van der Waals surface area contributed by atoms with Gasteiger partial charge in [0.15, 0.2) is 0 Å². The number of aromatic nitrogens is 2. The molecule has 0 bridgehead atoms. The Bertz CT molecular complexity index is 735. The van der Waals surface area contributed by atoms with E-state index in [1.165, 1.54) is 18.3 Å². The van der Waals surface area contributed by atoms with Crippen molar-refractivity contribution in [3.63, 3.8) is 0 Å². The minimum atomic E-state index is -2.90. The molecule has 1 aliphatic heterocycles. The Kier molecular flexibility index (Phi) is 5.28. The zero-order valence-corrected chi connectivity index (χ0v) is 13.8. The van der Waals surface area contributed by atoms with Gasteiger partial charge in [-0.3, -0.25) is 9.89 Å². The molecule has 2 heterocycles. The number of hydrogen-bond donors (Lipinski definition) is 3. The van der Waals surface area contributed by atoms with Gasteiger partial charge in [0.1, 0.15) is 5.75 Å². The number of ether oxygens (including phenoxy) is 1. The van der Waals surface area contributed by atoms with Crippen molar-refractivity contribution in [2.24, 2.45) is 5.92 Å². The van der Waals surface area contributed by atoms with Gasteiger partial charge in [0.2, 0.25) is 0 Å². The van der Waals surface area contributed by atoms with E-state index in [1.54, 1.807) is 12.1 Å². The minimum Gasteiger partial charge on any atom is -0.435 e. The Morgan fingerprint density at radius 1 is 1.44 bits per heavy atom. The fourth-order valence-electron chi connectivity index (χ4n) is 2.94. The smallest absolute Gasteiger partial charge is 0.387 e. The maximum atomic E-state index is 12.6. The molecule has 0 aliphatic carbocycles. The van der Waals surface area contributed by atoms with Gasteiger partial charge in [-0.2, -0.15) is 13.9 Å². The quantitative estimate of drug-likeness (QED) is 0.774. The Labute approximate surface area is 144 Å². The van der Waals surface area contributed by atoms with E-state index in [9.17, 15) is 13.6 Å². The standard InChI is InChI=1S/C17H20F2N4O2/c1-10-5-6-20-9-14(10)22-16(24)13-8-21-23-15(13)11-3-2-4-12(7-11)25-17(18)19/h2-4,7-8,10,14,17,20H,5-6,9H2,1H3,(H,21,23)(H,22,24). The highest BCUT2D eigenvalue weighted by Gasteiger charge is 2.25. The van der Waals surface area contributed by atoms with Crippen LogP contribution in [0.3, 0.4) is 0 Å². The summed E-state index contributed by atoms with van der Waals surface area (Å²) >= 11 is 0. The first-order chi connectivity index (χ1) is 12.0. The molecule has 0 spiro atoms. The van der Waals surface area contributed by atoms with Crippen molar-refractivity contribution in [2.45, 2.75) is 26.0 Å². The molecule has 0 saturated carbocycles. The van der Waals surface area contributed by atoms with Crippen molar-refractivity contribution in [2.75, 3.05) is 13.1 Å². The Balaban J connectivity index is 1.79. The van der Waals surface area contributed by atoms with Crippen LogP contribution in [0.1, 0.15) is 23.7 Å². The summed E-state index contributed by atoms with van der Waals surface area (Å²) in [6, 6.07) is 6.20. The number of H-pyrrole nitrogens is 1. The average Bonchev–Trinajstić information content (AvgIpc) is 3.06. The summed E-state index contributed by atoms with van der Waals surface area (Å²) < 4.78 is 29.2. The topological polar surface area (TPSA) is 79.0 Å². The highest BCUT2D eigenvalue weighted by atomic mass is 19.3. The molecule has 1 fully saturated rings. The van der Waals surface area contributed by atoms with E-state index < -0.39 is 6.61 Å². The van der Waals surface area contributed by atoms with E-state index in [-0.39, 0.29) is 17.7 Å². The molecule has 1 saturated heterocycles. The third-order valence-corrected chi connectivity index (χ3v) is 4.38. The second kappa shape index (κ2) is 7.60. The molecule has 2 unspecified atom stereocenters. The molecular weight excluding hydrogens is 330 g/mol. The van der Waals surface area contributed by atoms with Crippen molar-refractivity contribution in [3.05, 3.63) is 36.0 Å². The van der Waals surface area contributed by atoms with Crippen LogP contribution in [0.4, 0.5) is 8.78 Å². The zero-order chi connectivity index (χ0) is 17.8. The summed E-state index contributed by atoms with van der Waals surface area (Å²) in [5, 5.41) is 13.0. The highest BCUT2D eigenvalue weighted by Crippen LogP contribution is 2.26. The van der Waals surface area contributed by atoms with Crippen LogP contribution in [-0.4, -0.2) is 41.8 Å². The van der Waals surface area contributed by atoms with Gasteiger partial charge in [0.05, 0.1) is 17.5 Å². The van der Waals surface area contributed by atoms with Crippen molar-refractivity contribution in [3.8, 4) is 17.0 Å². The normalized spacial score (nSPS) is 20.5. The van der Waals surface area contributed by atoms with E-state index in [1.807, 2.05) is 0 Å². The number of benzene rings is 1. The lowest BCUT2D eigenvalue weighted by Crippen LogP contribution is -2.50. The number of piperidine rings is 1. The second-order valence-corrected chi connectivity index (χ2v) is 6.12. The molecule has 2 aromatic rings. The fraction of sp³-hybridized carbons (Fsp3) is 0.412. The molecule has 1 amide bonds. The fourth-order valence-corrected chi connectivity index (χ4v) is 2.94. The Hall–Kier alpha value is -2.48. The lowest BCUT2D eigenvalue weighted by atomic mass is 9.94. The van der Waals surface area contributed by atoms with Gasteiger partial charge in [-0.25, -0.2) is 0 Å². The Morgan fingerprint density at radius 2 is 2.28 bits per heavy atom. The summed E-state index contributed by atoms with van der Waals surface area (Å²) in [4.78, 5) is 12.6. The summed E-state index contributed by atoms with van der Waals surface area (Å²) in [7, 11) is 0. The third-order valence-electron chi connectivity index (χ3n) is 4.38. The number of carbonyl (C=O) groups excluding carboxylic acids is 1. The molecule has 1 aliphatic rings. The van der Waals surface area contributed by atoms with Crippen LogP contribution < -0.4 is 15.4 Å². The monoisotopic (exact) mass is 350 g/mol. The first-order valence-corrected chi connectivity index (χ1v) is 8.15. The lowest BCUT2D eigenvalue weighted by molar-refractivity contribution is -0.0498. The van der Waals surface area contributed by atoms with E-state index in [0.717, 1.165) is 19.5 Å². The van der Waals surface area contributed by atoms with E-state index in [0.29, 0.717) is 22.7 Å². The van der Waals surface area contributed by atoms with Crippen LogP contribution >= 0.6 is 0 Å². The van der Waals surface area contributed by atoms with Gasteiger partial charge in [0, 0.05) is 18.2 Å². The molecule has 0 radical (unpaired) electrons. The van der Waals surface area contributed by atoms with Crippen molar-refractivity contribution in [1.29, 1.82) is 0 Å². The molecular formula is C17H20F2N4O2. The molecule has 6 nitrogen and oxygen atoms in total. The molecule has 25 heavy (non-hydrogen) atoms. The molecule has 3 N–H and O–H groups in total. The first kappa shape index (κ1) is 17.3. The Morgan fingerprint density at radius 3 is 3.04 bits per heavy atom. The predicted octanol–water partition coefficient (Wildman–Crippen LogP) is 2.41. The van der Waals surface area contributed by atoms with Crippen molar-refractivity contribution >= 4 is 5.91 Å². The number of nitrogens with one attached hydrogen (secondary N) is 3. The van der Waals surface area contributed by atoms with Gasteiger partial charge in [-0.05, 0) is 31.0 Å². The number of amides is 1. The number of aromatic amines is 1. The third kappa shape index (κ3) is 4.14. The van der Waals surface area contributed by atoms with E-state index in [2.05, 4.69) is 32.5 Å². The number of carbonyl (C=O) groups is 1. The minimum absolute atomic E-state index is 0.0264. The van der Waals surface area contributed by atoms with Gasteiger partial charge in [-0.1, -0.05) is 19.1 Å². The van der Waals surface area contributed by atoms with Crippen LogP contribution in [0.15, 0.2) is 30.5 Å². The van der Waals surface area contributed by atoms with Gasteiger partial charge in [-0.15, -0.1) is 0 Å². The molecule has 2 atom stereocenters. The summed E-state index contributed by atoms with van der Waals surface area (Å²) in [6.45, 7) is 0.868. The van der Waals surface area contributed by atoms with E-state index >= 15 is 0 Å². The number of halogens is 2. The van der Waals surface area contributed by atoms with Crippen molar-refractivity contribution in [1.82, 2.24) is 20.8 Å². The van der Waals surface area contributed by atoms with Crippen molar-refractivity contribution < 1.29 is 18.3 Å². The second-order valence-electron chi connectivity index (χ2n) is 6.12. The summed E-state index contributed by atoms with van der Waals surface area (Å²) in [5.74, 6) is 0.159.